The minimum absolute atomic E-state index is 0.0675. The van der Waals surface area contributed by atoms with E-state index in [0.29, 0.717) is 22.5 Å². The Balaban J connectivity index is 1.73. The Bertz CT molecular complexity index is 1450. The lowest BCUT2D eigenvalue weighted by atomic mass is 10.0. The molecule has 0 radical (unpaired) electrons. The normalized spacial score (nSPS) is 12.5. The second-order valence-corrected chi connectivity index (χ2v) is 8.23. The number of hydrogen-bond acceptors (Lipinski definition) is 5. The number of hydrogen-bond donors (Lipinski definition) is 2. The van der Waals surface area contributed by atoms with Crippen molar-refractivity contribution in [1.82, 2.24) is 19.9 Å². The van der Waals surface area contributed by atoms with Crippen molar-refractivity contribution >= 4 is 22.6 Å². The summed E-state index contributed by atoms with van der Waals surface area (Å²) in [5.41, 5.74) is 7.26. The monoisotopic (exact) mass is 481 g/mol. The first-order valence-electron chi connectivity index (χ1n) is 10.7. The van der Waals surface area contributed by atoms with Gasteiger partial charge in [-0.15, -0.1) is 0 Å². The molecule has 3 aromatic heterocycles. The van der Waals surface area contributed by atoms with E-state index in [0.717, 1.165) is 23.2 Å². The highest BCUT2D eigenvalue weighted by molar-refractivity contribution is 5.98. The molecule has 7 nitrogen and oxygen atoms in total. The molecule has 35 heavy (non-hydrogen) atoms. The second kappa shape index (κ2) is 9.21. The summed E-state index contributed by atoms with van der Waals surface area (Å²) < 4.78 is 38.9. The fourth-order valence-corrected chi connectivity index (χ4v) is 3.74. The predicted molar refractivity (Wildman–Crippen MR) is 125 cm³/mol. The van der Waals surface area contributed by atoms with Crippen LogP contribution in [0.3, 0.4) is 0 Å². The first-order chi connectivity index (χ1) is 16.5. The number of halogens is 3. The van der Waals surface area contributed by atoms with Gasteiger partial charge in [0.25, 0.3) is 5.91 Å². The maximum Gasteiger partial charge on any atom is 0.417 e. The number of rotatable bonds is 5. The quantitative estimate of drug-likeness (QED) is 0.432. The van der Waals surface area contributed by atoms with Gasteiger partial charge in [-0.3, -0.25) is 14.6 Å². The van der Waals surface area contributed by atoms with Crippen LogP contribution in [0.5, 0.6) is 0 Å². The molecule has 0 spiro atoms. The number of alkyl halides is 3. The minimum atomic E-state index is -4.51. The Morgan fingerprint density at radius 3 is 2.57 bits per heavy atom. The van der Waals surface area contributed by atoms with E-state index in [4.69, 9.17) is 5.73 Å². The van der Waals surface area contributed by atoms with Gasteiger partial charge in [-0.25, -0.2) is 4.98 Å². The lowest BCUT2D eigenvalue weighted by molar-refractivity contribution is -0.137. The van der Waals surface area contributed by atoms with Gasteiger partial charge in [0, 0.05) is 29.4 Å². The number of fused-ring (bicyclic) bond motifs is 1. The summed E-state index contributed by atoms with van der Waals surface area (Å²) in [6, 6.07) is 11.5. The van der Waals surface area contributed by atoms with Crippen molar-refractivity contribution in [3.05, 3.63) is 99.2 Å². The lowest BCUT2D eigenvalue weighted by Gasteiger charge is -2.29. The fraction of sp³-hybridized carbons (Fsp3) is 0.200. The van der Waals surface area contributed by atoms with Gasteiger partial charge < -0.3 is 15.6 Å². The standard InChI is InChI=1S/C25H22F3N5O2/c1-14-9-18-10-17(3-6-21(18)32-23(14)29)24(35)33(15(2)16-7-8-30-22(34)11-16)13-20-5-4-19(12-31-20)25(26,27)28/h3-12,15H,13H2,1-2H3,(H2,29,32)(H,30,34)/t15-/m1/s1. The van der Waals surface area contributed by atoms with Crippen LogP contribution >= 0.6 is 0 Å². The summed E-state index contributed by atoms with van der Waals surface area (Å²) in [6.45, 7) is 3.49. The Hall–Kier alpha value is -4.21. The molecule has 0 aliphatic carbocycles. The average Bonchev–Trinajstić information content (AvgIpc) is 2.82. The number of carbonyl (C=O) groups is 1. The van der Waals surface area contributed by atoms with E-state index in [-0.39, 0.29) is 23.7 Å². The smallest absolute Gasteiger partial charge is 0.383 e. The van der Waals surface area contributed by atoms with Crippen molar-refractivity contribution in [2.45, 2.75) is 32.6 Å². The zero-order valence-electron chi connectivity index (χ0n) is 18.9. The van der Waals surface area contributed by atoms with E-state index in [1.807, 2.05) is 13.0 Å². The third kappa shape index (κ3) is 5.16. The molecule has 4 aromatic rings. The minimum Gasteiger partial charge on any atom is -0.383 e. The molecule has 0 aliphatic rings. The van der Waals surface area contributed by atoms with Gasteiger partial charge in [0.2, 0.25) is 5.56 Å². The molecule has 1 atom stereocenters. The van der Waals surface area contributed by atoms with Gasteiger partial charge in [-0.1, -0.05) is 0 Å². The zero-order valence-corrected chi connectivity index (χ0v) is 18.9. The number of anilines is 1. The largest absolute Gasteiger partial charge is 0.417 e. The molecule has 3 heterocycles. The van der Waals surface area contributed by atoms with Crippen molar-refractivity contribution in [2.24, 2.45) is 0 Å². The Kier molecular flexibility index (Phi) is 6.29. The van der Waals surface area contributed by atoms with Crippen molar-refractivity contribution in [3.8, 4) is 0 Å². The third-order valence-corrected chi connectivity index (χ3v) is 5.79. The Labute approximate surface area is 198 Å². The number of carbonyl (C=O) groups excluding carboxylic acids is 1. The SMILES string of the molecule is Cc1cc2cc(C(=O)N(Cc3ccc(C(F)(F)F)cn3)[C@H](C)c3cc[nH]c(=O)c3)ccc2nc1N. The summed E-state index contributed by atoms with van der Waals surface area (Å²) in [6.07, 6.45) is -2.30. The third-order valence-electron chi connectivity index (χ3n) is 5.79. The molecular formula is C25H22F3N5O2. The highest BCUT2D eigenvalue weighted by atomic mass is 19.4. The van der Waals surface area contributed by atoms with Crippen LogP contribution in [-0.4, -0.2) is 25.8 Å². The number of benzene rings is 1. The number of nitrogens with zero attached hydrogens (tertiary/aromatic N) is 3. The van der Waals surface area contributed by atoms with Crippen molar-refractivity contribution in [2.75, 3.05) is 5.73 Å². The molecule has 1 amide bonds. The van der Waals surface area contributed by atoms with Gasteiger partial charge in [0.1, 0.15) is 5.82 Å². The highest BCUT2D eigenvalue weighted by Crippen LogP contribution is 2.29. The number of aromatic amines is 1. The van der Waals surface area contributed by atoms with Gasteiger partial charge in [-0.2, -0.15) is 13.2 Å². The number of aromatic nitrogens is 3. The van der Waals surface area contributed by atoms with E-state index in [9.17, 15) is 22.8 Å². The molecule has 0 saturated heterocycles. The topological polar surface area (TPSA) is 105 Å². The van der Waals surface area contributed by atoms with E-state index in [1.165, 1.54) is 23.2 Å². The van der Waals surface area contributed by atoms with Crippen LogP contribution in [0.4, 0.5) is 19.0 Å². The lowest BCUT2D eigenvalue weighted by Crippen LogP contribution is -2.34. The number of amides is 1. The maximum absolute atomic E-state index is 13.7. The summed E-state index contributed by atoms with van der Waals surface area (Å²) >= 11 is 0. The maximum atomic E-state index is 13.7. The van der Waals surface area contributed by atoms with Crippen LogP contribution in [0.2, 0.25) is 0 Å². The van der Waals surface area contributed by atoms with E-state index >= 15 is 0 Å². The molecule has 4 rings (SSSR count). The fourth-order valence-electron chi connectivity index (χ4n) is 3.74. The Morgan fingerprint density at radius 2 is 1.91 bits per heavy atom. The number of nitrogen functional groups attached to an aromatic ring is 1. The second-order valence-electron chi connectivity index (χ2n) is 8.23. The zero-order chi connectivity index (χ0) is 25.3. The number of nitrogens with two attached hydrogens (primary N) is 1. The predicted octanol–water partition coefficient (Wildman–Crippen LogP) is 4.63. The molecule has 3 N–H and O–H groups in total. The molecule has 180 valence electrons. The summed E-state index contributed by atoms with van der Waals surface area (Å²) in [4.78, 5) is 37.7. The summed E-state index contributed by atoms with van der Waals surface area (Å²) in [5, 5.41) is 0.721. The van der Waals surface area contributed by atoms with Crippen LogP contribution in [0.1, 0.15) is 45.7 Å². The molecule has 0 unspecified atom stereocenters. The molecular weight excluding hydrogens is 459 g/mol. The average molecular weight is 481 g/mol. The van der Waals surface area contributed by atoms with Crippen LogP contribution in [0.25, 0.3) is 10.9 Å². The van der Waals surface area contributed by atoms with Crippen molar-refractivity contribution in [1.29, 1.82) is 0 Å². The van der Waals surface area contributed by atoms with Crippen molar-refractivity contribution < 1.29 is 18.0 Å². The molecule has 10 heteroatoms. The van der Waals surface area contributed by atoms with E-state index < -0.39 is 17.8 Å². The van der Waals surface area contributed by atoms with Gasteiger partial charge in [0.15, 0.2) is 0 Å². The number of aryl methyl sites for hydroxylation is 1. The van der Waals surface area contributed by atoms with Crippen LogP contribution < -0.4 is 11.3 Å². The van der Waals surface area contributed by atoms with E-state index in [2.05, 4.69) is 15.0 Å². The molecule has 1 aromatic carbocycles. The molecule has 0 aliphatic heterocycles. The first-order valence-corrected chi connectivity index (χ1v) is 10.7. The Morgan fingerprint density at radius 1 is 1.14 bits per heavy atom. The molecule has 0 saturated carbocycles. The number of H-pyrrole nitrogens is 1. The van der Waals surface area contributed by atoms with Gasteiger partial charge >= 0.3 is 6.18 Å². The summed E-state index contributed by atoms with van der Waals surface area (Å²) in [5.74, 6) is 0.0189. The number of nitrogens with one attached hydrogen (secondary N) is 1. The molecule has 0 bridgehead atoms. The van der Waals surface area contributed by atoms with Crippen LogP contribution in [-0.2, 0) is 12.7 Å². The van der Waals surface area contributed by atoms with Crippen LogP contribution in [0, 0.1) is 6.92 Å². The molecule has 0 fully saturated rings. The highest BCUT2D eigenvalue weighted by Gasteiger charge is 2.31. The van der Waals surface area contributed by atoms with E-state index in [1.54, 1.807) is 31.2 Å². The van der Waals surface area contributed by atoms with Crippen LogP contribution in [0.15, 0.2) is 65.7 Å². The van der Waals surface area contributed by atoms with Gasteiger partial charge in [0.05, 0.1) is 29.4 Å². The first kappa shape index (κ1) is 23.9. The van der Waals surface area contributed by atoms with Gasteiger partial charge in [-0.05, 0) is 67.4 Å². The summed E-state index contributed by atoms with van der Waals surface area (Å²) in [7, 11) is 0. The number of pyridine rings is 3. The van der Waals surface area contributed by atoms with Crippen molar-refractivity contribution in [3.63, 3.8) is 0 Å².